The summed E-state index contributed by atoms with van der Waals surface area (Å²) in [5.41, 5.74) is 6.60. The highest BCUT2D eigenvalue weighted by molar-refractivity contribution is 6.74. The van der Waals surface area contributed by atoms with Crippen LogP contribution in [-0.4, -0.2) is 44.2 Å². The van der Waals surface area contributed by atoms with Crippen LogP contribution < -0.4 is 10.5 Å². The van der Waals surface area contributed by atoms with Crippen molar-refractivity contribution in [3.05, 3.63) is 35.2 Å². The van der Waals surface area contributed by atoms with E-state index in [1.54, 1.807) is 11.0 Å². The van der Waals surface area contributed by atoms with Crippen LogP contribution in [0, 0.1) is 5.82 Å². The number of carbonyl (C=O) groups excluding carboxylic acids is 1. The third kappa shape index (κ3) is 5.37. The second kappa shape index (κ2) is 8.95. The Morgan fingerprint density at radius 2 is 1.88 bits per heavy atom. The molecule has 0 aliphatic carbocycles. The topological polar surface area (TPSA) is 74.0 Å². The number of hydrogen-bond acceptors (Lipinski definition) is 5. The number of carbonyl (C=O) groups is 1. The molecule has 0 fully saturated rings. The van der Waals surface area contributed by atoms with Gasteiger partial charge in [-0.15, -0.1) is 0 Å². The Labute approximate surface area is 198 Å². The fourth-order valence-corrected chi connectivity index (χ4v) is 5.34. The SMILES string of the molecule is CC(C)(C)OC(=O)N1CC=CCC(O[Si](C)(C)C(C)(C)C)C1c1c(F)c(N)cc2c1OCC2. The molecule has 0 aromatic heterocycles. The van der Waals surface area contributed by atoms with E-state index in [0.29, 0.717) is 30.8 Å². The number of anilines is 1. The number of halogens is 1. The van der Waals surface area contributed by atoms with E-state index in [2.05, 4.69) is 33.9 Å². The average Bonchev–Trinajstić information content (AvgIpc) is 3.01. The van der Waals surface area contributed by atoms with Gasteiger partial charge in [-0.3, -0.25) is 4.90 Å². The summed E-state index contributed by atoms with van der Waals surface area (Å²) in [6.07, 6.45) is 4.12. The Balaban J connectivity index is 2.17. The number of fused-ring (bicyclic) bond motifs is 1. The number of ether oxygens (including phenoxy) is 2. The van der Waals surface area contributed by atoms with Crippen molar-refractivity contribution in [2.45, 2.75) is 90.3 Å². The van der Waals surface area contributed by atoms with E-state index in [-0.39, 0.29) is 17.3 Å². The summed E-state index contributed by atoms with van der Waals surface area (Å²) in [5, 5.41) is -0.0585. The van der Waals surface area contributed by atoms with Crippen molar-refractivity contribution in [2.24, 2.45) is 0 Å². The molecule has 2 atom stereocenters. The Kier molecular flexibility index (Phi) is 6.93. The highest BCUT2D eigenvalue weighted by atomic mass is 28.4. The minimum Gasteiger partial charge on any atom is -0.492 e. The van der Waals surface area contributed by atoms with Crippen LogP contribution >= 0.6 is 0 Å². The molecule has 2 aliphatic heterocycles. The monoisotopic (exact) mass is 478 g/mol. The third-order valence-electron chi connectivity index (χ3n) is 6.67. The minimum atomic E-state index is -2.26. The lowest BCUT2D eigenvalue weighted by molar-refractivity contribution is 0.000216. The van der Waals surface area contributed by atoms with E-state index in [0.717, 1.165) is 5.56 Å². The third-order valence-corrected chi connectivity index (χ3v) is 11.2. The maximum Gasteiger partial charge on any atom is 0.411 e. The number of benzene rings is 1. The number of nitrogens with two attached hydrogens (primary N) is 1. The number of amides is 1. The van der Waals surface area contributed by atoms with Crippen LogP contribution in [-0.2, 0) is 15.6 Å². The fraction of sp³-hybridized carbons (Fsp3) is 0.640. The van der Waals surface area contributed by atoms with Gasteiger partial charge in [-0.2, -0.15) is 0 Å². The smallest absolute Gasteiger partial charge is 0.411 e. The normalized spacial score (nSPS) is 21.4. The van der Waals surface area contributed by atoms with Gasteiger partial charge in [0.25, 0.3) is 0 Å². The van der Waals surface area contributed by atoms with Gasteiger partial charge >= 0.3 is 6.09 Å². The van der Waals surface area contributed by atoms with Gasteiger partial charge in [0.15, 0.2) is 14.1 Å². The van der Waals surface area contributed by atoms with Gasteiger partial charge in [0.1, 0.15) is 11.4 Å². The summed E-state index contributed by atoms with van der Waals surface area (Å²) in [7, 11) is -2.26. The van der Waals surface area contributed by atoms with Crippen LogP contribution in [0.5, 0.6) is 5.75 Å². The second-order valence-corrected chi connectivity index (χ2v) is 16.2. The number of rotatable bonds is 3. The van der Waals surface area contributed by atoms with Gasteiger partial charge in [0, 0.05) is 18.5 Å². The molecular weight excluding hydrogens is 439 g/mol. The minimum absolute atomic E-state index is 0.0571. The van der Waals surface area contributed by atoms with Crippen molar-refractivity contribution in [2.75, 3.05) is 18.9 Å². The summed E-state index contributed by atoms with van der Waals surface area (Å²) >= 11 is 0. The lowest BCUT2D eigenvalue weighted by atomic mass is 9.94. The van der Waals surface area contributed by atoms with Crippen LogP contribution in [0.15, 0.2) is 18.2 Å². The first kappa shape index (κ1) is 25.6. The Morgan fingerprint density at radius 1 is 1.21 bits per heavy atom. The molecule has 3 rings (SSSR count). The molecule has 2 N–H and O–H groups in total. The molecule has 2 aliphatic rings. The first-order valence-corrected chi connectivity index (χ1v) is 14.6. The molecule has 6 nitrogen and oxygen atoms in total. The fourth-order valence-electron chi connectivity index (χ4n) is 4.01. The van der Waals surface area contributed by atoms with Gasteiger partial charge in [-0.1, -0.05) is 32.9 Å². The first-order valence-electron chi connectivity index (χ1n) is 11.7. The first-order chi connectivity index (χ1) is 15.1. The molecule has 0 saturated carbocycles. The molecule has 1 aromatic carbocycles. The molecule has 0 spiro atoms. The van der Waals surface area contributed by atoms with Gasteiger partial charge in [-0.25, -0.2) is 9.18 Å². The molecule has 2 heterocycles. The number of nitrogen functional groups attached to an aromatic ring is 1. The molecule has 1 amide bonds. The standard InChI is InChI=1S/C25H39FN2O4Si/c1-24(2,3)31-23(29)28-13-10-9-11-18(32-33(7,8)25(4,5)6)21(28)19-20(26)17(27)15-16-12-14-30-22(16)19/h9-10,15,18,21H,11-14,27H2,1-8H3. The van der Waals surface area contributed by atoms with E-state index >= 15 is 4.39 Å². The number of nitrogens with zero attached hydrogens (tertiary/aromatic N) is 1. The zero-order chi connectivity index (χ0) is 24.8. The van der Waals surface area contributed by atoms with Gasteiger partial charge in [-0.05, 0) is 51.4 Å². The number of hydrogen-bond donors (Lipinski definition) is 1. The molecular formula is C25H39FN2O4Si. The van der Waals surface area contributed by atoms with Crippen molar-refractivity contribution < 1.29 is 23.1 Å². The molecule has 0 bridgehead atoms. The van der Waals surface area contributed by atoms with E-state index < -0.39 is 38.0 Å². The zero-order valence-electron chi connectivity index (χ0n) is 21.3. The van der Waals surface area contributed by atoms with E-state index in [9.17, 15) is 4.79 Å². The largest absolute Gasteiger partial charge is 0.492 e. The van der Waals surface area contributed by atoms with Crippen LogP contribution in [0.2, 0.25) is 18.1 Å². The summed E-state index contributed by atoms with van der Waals surface area (Å²) in [6, 6.07) is 0.900. The highest BCUT2D eigenvalue weighted by Crippen LogP contribution is 2.46. The second-order valence-electron chi connectivity index (χ2n) is 11.5. The maximum absolute atomic E-state index is 15.7. The summed E-state index contributed by atoms with van der Waals surface area (Å²) < 4.78 is 34.2. The predicted molar refractivity (Wildman–Crippen MR) is 132 cm³/mol. The lowest BCUT2D eigenvalue weighted by Crippen LogP contribution is -2.49. The molecule has 184 valence electrons. The maximum atomic E-state index is 15.7. The molecule has 0 radical (unpaired) electrons. The summed E-state index contributed by atoms with van der Waals surface area (Å²) in [4.78, 5) is 14.9. The van der Waals surface area contributed by atoms with E-state index in [1.807, 2.05) is 32.9 Å². The molecule has 33 heavy (non-hydrogen) atoms. The van der Waals surface area contributed by atoms with Crippen molar-refractivity contribution >= 4 is 20.1 Å². The van der Waals surface area contributed by atoms with Crippen molar-refractivity contribution in [3.8, 4) is 5.75 Å². The van der Waals surface area contributed by atoms with Gasteiger partial charge in [0.2, 0.25) is 0 Å². The quantitative estimate of drug-likeness (QED) is 0.329. The van der Waals surface area contributed by atoms with Gasteiger partial charge < -0.3 is 19.6 Å². The van der Waals surface area contributed by atoms with Crippen molar-refractivity contribution in [1.82, 2.24) is 4.90 Å². The van der Waals surface area contributed by atoms with Crippen LogP contribution in [0.1, 0.15) is 65.1 Å². The summed E-state index contributed by atoms with van der Waals surface area (Å²) in [6.45, 7) is 17.0. The lowest BCUT2D eigenvalue weighted by Gasteiger charge is -2.43. The zero-order valence-corrected chi connectivity index (χ0v) is 22.3. The molecule has 8 heteroatoms. The molecule has 2 unspecified atom stereocenters. The van der Waals surface area contributed by atoms with Crippen molar-refractivity contribution in [1.29, 1.82) is 0 Å². The van der Waals surface area contributed by atoms with Gasteiger partial charge in [0.05, 0.1) is 30.0 Å². The van der Waals surface area contributed by atoms with E-state index in [1.165, 1.54) is 0 Å². The average molecular weight is 479 g/mol. The molecule has 0 saturated heterocycles. The molecule has 1 aromatic rings. The Bertz CT molecular complexity index is 934. The van der Waals surface area contributed by atoms with Crippen LogP contribution in [0.3, 0.4) is 0 Å². The van der Waals surface area contributed by atoms with Crippen molar-refractivity contribution in [3.63, 3.8) is 0 Å². The Morgan fingerprint density at radius 3 is 2.48 bits per heavy atom. The Hall–Kier alpha value is -2.06. The predicted octanol–water partition coefficient (Wildman–Crippen LogP) is 5.97. The summed E-state index contributed by atoms with van der Waals surface area (Å²) in [5.74, 6) is -0.0778. The van der Waals surface area contributed by atoms with Crippen LogP contribution in [0.25, 0.3) is 0 Å². The van der Waals surface area contributed by atoms with E-state index in [4.69, 9.17) is 19.6 Å². The van der Waals surface area contributed by atoms with Crippen LogP contribution in [0.4, 0.5) is 14.9 Å². The highest BCUT2D eigenvalue weighted by Gasteiger charge is 2.46.